The Hall–Kier alpha value is -1.46. The van der Waals surface area contributed by atoms with Crippen molar-refractivity contribution in [1.29, 1.82) is 0 Å². The molecule has 1 saturated carbocycles. The summed E-state index contributed by atoms with van der Waals surface area (Å²) in [5, 5.41) is 6.76. The molecule has 142 valence electrons. The number of benzene rings is 1. The van der Waals surface area contributed by atoms with Crippen LogP contribution < -0.4 is 10.6 Å². The van der Waals surface area contributed by atoms with E-state index >= 15 is 0 Å². The monoisotopic (exact) mass is 360 g/mol. The summed E-state index contributed by atoms with van der Waals surface area (Å²) in [6.45, 7) is 3.74. The van der Waals surface area contributed by atoms with Gasteiger partial charge in [0.1, 0.15) is 5.82 Å². The Morgan fingerprint density at radius 2 is 1.96 bits per heavy atom. The molecule has 0 radical (unpaired) electrons. The lowest BCUT2D eigenvalue weighted by Gasteiger charge is -2.41. The van der Waals surface area contributed by atoms with Crippen LogP contribution in [0.15, 0.2) is 24.3 Å². The van der Waals surface area contributed by atoms with E-state index in [1.54, 1.807) is 0 Å². The second-order valence-corrected chi connectivity index (χ2v) is 8.31. The lowest BCUT2D eigenvalue weighted by Crippen LogP contribution is -2.52. The maximum absolute atomic E-state index is 13.4. The number of halogens is 1. The van der Waals surface area contributed by atoms with Gasteiger partial charge in [0.05, 0.1) is 5.41 Å². The Balaban J connectivity index is 1.51. The van der Waals surface area contributed by atoms with E-state index in [2.05, 4.69) is 10.6 Å². The predicted octanol–water partition coefficient (Wildman–Crippen LogP) is 2.77. The molecule has 0 unspecified atom stereocenters. The zero-order valence-corrected chi connectivity index (χ0v) is 15.4. The van der Waals surface area contributed by atoms with Crippen LogP contribution in [0.1, 0.15) is 44.1 Å². The summed E-state index contributed by atoms with van der Waals surface area (Å²) >= 11 is 0. The quantitative estimate of drug-likeness (QED) is 0.868. The molecule has 1 amide bonds. The highest BCUT2D eigenvalue weighted by molar-refractivity contribution is 5.84. The number of hydrogen-bond acceptors (Lipinski definition) is 3. The van der Waals surface area contributed by atoms with Crippen LogP contribution >= 0.6 is 0 Å². The van der Waals surface area contributed by atoms with Crippen molar-refractivity contribution in [3.63, 3.8) is 0 Å². The number of fused-ring (bicyclic) bond motifs is 1. The van der Waals surface area contributed by atoms with Crippen molar-refractivity contribution in [2.24, 2.45) is 11.3 Å². The predicted molar refractivity (Wildman–Crippen MR) is 98.4 cm³/mol. The van der Waals surface area contributed by atoms with Gasteiger partial charge in [0, 0.05) is 31.7 Å². The molecule has 0 aromatic heterocycles. The van der Waals surface area contributed by atoms with Gasteiger partial charge in [0.25, 0.3) is 0 Å². The van der Waals surface area contributed by atoms with E-state index in [9.17, 15) is 9.18 Å². The van der Waals surface area contributed by atoms with Crippen LogP contribution in [0.25, 0.3) is 0 Å². The number of hydrogen-bond donors (Lipinski definition) is 2. The summed E-state index contributed by atoms with van der Waals surface area (Å²) in [5.41, 5.74) is 0.715. The number of carbonyl (C=O) groups is 1. The first kappa shape index (κ1) is 17.9. The van der Waals surface area contributed by atoms with Gasteiger partial charge in [-0.1, -0.05) is 25.0 Å². The van der Waals surface area contributed by atoms with Gasteiger partial charge in [-0.05, 0) is 55.8 Å². The van der Waals surface area contributed by atoms with Gasteiger partial charge in [-0.3, -0.25) is 4.79 Å². The summed E-state index contributed by atoms with van der Waals surface area (Å²) < 4.78 is 18.9. The average Bonchev–Trinajstić information content (AvgIpc) is 3.13. The van der Waals surface area contributed by atoms with Gasteiger partial charge in [0.2, 0.25) is 5.91 Å². The van der Waals surface area contributed by atoms with E-state index < -0.39 is 0 Å². The fourth-order valence-electron chi connectivity index (χ4n) is 5.25. The lowest BCUT2D eigenvalue weighted by atomic mass is 9.67. The first-order valence-corrected chi connectivity index (χ1v) is 9.98. The van der Waals surface area contributed by atoms with E-state index in [4.69, 9.17) is 4.74 Å². The molecule has 1 aromatic rings. The van der Waals surface area contributed by atoms with E-state index in [0.717, 1.165) is 50.8 Å². The van der Waals surface area contributed by atoms with E-state index in [-0.39, 0.29) is 22.6 Å². The Bertz CT molecular complexity index is 642. The summed E-state index contributed by atoms with van der Waals surface area (Å²) in [6.07, 6.45) is 6.22. The molecule has 5 heteroatoms. The van der Waals surface area contributed by atoms with Crippen molar-refractivity contribution in [3.05, 3.63) is 35.6 Å². The Morgan fingerprint density at radius 3 is 2.73 bits per heavy atom. The van der Waals surface area contributed by atoms with Crippen LogP contribution in [0, 0.1) is 17.2 Å². The van der Waals surface area contributed by atoms with Gasteiger partial charge in [-0.15, -0.1) is 0 Å². The molecule has 3 fully saturated rings. The zero-order chi connectivity index (χ0) is 18.0. The highest BCUT2D eigenvalue weighted by atomic mass is 19.1. The van der Waals surface area contributed by atoms with Crippen molar-refractivity contribution >= 4 is 5.91 Å². The van der Waals surface area contributed by atoms with Crippen LogP contribution in [0.5, 0.6) is 0 Å². The largest absolute Gasteiger partial charge is 0.381 e. The van der Waals surface area contributed by atoms with Crippen molar-refractivity contribution < 1.29 is 13.9 Å². The van der Waals surface area contributed by atoms with Crippen molar-refractivity contribution in [2.75, 3.05) is 32.8 Å². The number of nitrogens with one attached hydrogen (secondary N) is 2. The van der Waals surface area contributed by atoms with Crippen LogP contribution in [0.4, 0.5) is 4.39 Å². The smallest absolute Gasteiger partial charge is 0.227 e. The maximum atomic E-state index is 13.4. The van der Waals surface area contributed by atoms with Crippen molar-refractivity contribution in [2.45, 2.75) is 43.9 Å². The number of carbonyl (C=O) groups excluding carboxylic acids is 1. The Labute approximate surface area is 154 Å². The molecule has 2 saturated heterocycles. The minimum absolute atomic E-state index is 0.158. The van der Waals surface area contributed by atoms with Crippen molar-refractivity contribution in [1.82, 2.24) is 10.6 Å². The normalized spacial score (nSPS) is 30.6. The fraction of sp³-hybridized carbons (Fsp3) is 0.667. The summed E-state index contributed by atoms with van der Waals surface area (Å²) in [5.74, 6) is 0.453. The highest BCUT2D eigenvalue weighted by Crippen LogP contribution is 2.44. The summed E-state index contributed by atoms with van der Waals surface area (Å²) in [4.78, 5) is 13.2. The first-order valence-electron chi connectivity index (χ1n) is 9.98. The number of rotatable bonds is 4. The fourth-order valence-corrected chi connectivity index (χ4v) is 5.25. The second kappa shape index (κ2) is 7.28. The molecule has 0 spiro atoms. The molecule has 4 nitrogen and oxygen atoms in total. The third kappa shape index (κ3) is 3.16. The molecule has 1 aliphatic carbocycles. The molecule has 2 atom stereocenters. The lowest BCUT2D eigenvalue weighted by molar-refractivity contribution is -0.134. The molecule has 2 N–H and O–H groups in total. The Morgan fingerprint density at radius 1 is 1.19 bits per heavy atom. The topological polar surface area (TPSA) is 50.4 Å². The molecule has 2 aliphatic heterocycles. The maximum Gasteiger partial charge on any atom is 0.227 e. The van der Waals surface area contributed by atoms with Crippen LogP contribution in [0.2, 0.25) is 0 Å². The standard InChI is InChI=1S/C21H29FN2O2/c22-18-6-4-16(5-7-18)20(9-11-26-12-10-20)14-24-19(25)21-8-2-1-3-17(21)13-23-15-21/h4-7,17,23H,1-3,8-15H2,(H,24,25)/t17-,21+/m0/s1. The van der Waals surface area contributed by atoms with Gasteiger partial charge < -0.3 is 15.4 Å². The molecule has 4 rings (SSSR count). The molecule has 26 heavy (non-hydrogen) atoms. The molecular weight excluding hydrogens is 331 g/mol. The van der Waals surface area contributed by atoms with E-state index in [0.29, 0.717) is 25.7 Å². The van der Waals surface area contributed by atoms with E-state index in [1.807, 2.05) is 12.1 Å². The number of amides is 1. The van der Waals surface area contributed by atoms with Crippen LogP contribution in [0.3, 0.4) is 0 Å². The molecule has 1 aromatic carbocycles. The molecule has 3 aliphatic rings. The first-order chi connectivity index (χ1) is 12.6. The van der Waals surface area contributed by atoms with E-state index in [1.165, 1.54) is 18.6 Å². The minimum atomic E-state index is -0.229. The van der Waals surface area contributed by atoms with Gasteiger partial charge in [-0.25, -0.2) is 4.39 Å². The molecule has 0 bridgehead atoms. The average molecular weight is 360 g/mol. The van der Waals surface area contributed by atoms with Crippen LogP contribution in [-0.2, 0) is 14.9 Å². The third-order valence-corrected chi connectivity index (χ3v) is 6.98. The highest BCUT2D eigenvalue weighted by Gasteiger charge is 2.50. The molecular formula is C21H29FN2O2. The second-order valence-electron chi connectivity index (χ2n) is 8.31. The third-order valence-electron chi connectivity index (χ3n) is 6.98. The summed E-state index contributed by atoms with van der Waals surface area (Å²) in [6, 6.07) is 6.77. The van der Waals surface area contributed by atoms with Crippen molar-refractivity contribution in [3.8, 4) is 0 Å². The summed E-state index contributed by atoms with van der Waals surface area (Å²) in [7, 11) is 0. The van der Waals surface area contributed by atoms with Gasteiger partial charge in [0.15, 0.2) is 0 Å². The number of ether oxygens (including phenoxy) is 1. The van der Waals surface area contributed by atoms with Crippen LogP contribution in [-0.4, -0.2) is 38.8 Å². The zero-order valence-electron chi connectivity index (χ0n) is 15.4. The Kier molecular flexibility index (Phi) is 5.02. The minimum Gasteiger partial charge on any atom is -0.381 e. The molecule has 2 heterocycles. The van der Waals surface area contributed by atoms with Gasteiger partial charge >= 0.3 is 0 Å². The SMILES string of the molecule is O=C(NCC1(c2ccc(F)cc2)CCOCC1)[C@@]12CCCC[C@H]1CNC2. The van der Waals surface area contributed by atoms with Gasteiger partial charge in [-0.2, -0.15) is 0 Å².